The van der Waals surface area contributed by atoms with E-state index < -0.39 is 0 Å². The Bertz CT molecular complexity index is 577. The first-order chi connectivity index (χ1) is 9.54. The molecule has 0 aromatic heterocycles. The molecule has 0 aliphatic carbocycles. The van der Waals surface area contributed by atoms with Crippen molar-refractivity contribution in [1.29, 1.82) is 0 Å². The monoisotopic (exact) mass is 373 g/mol. The second-order valence-corrected chi connectivity index (χ2v) is 6.91. The molecule has 2 aromatic carbocycles. The first-order valence-corrected chi connectivity index (χ1v) is 8.28. The largest absolute Gasteiger partial charge is 0.327 e. The lowest BCUT2D eigenvalue weighted by atomic mass is 10.1. The maximum atomic E-state index is 13.6. The van der Waals surface area contributed by atoms with Crippen LogP contribution in [0.5, 0.6) is 0 Å². The van der Waals surface area contributed by atoms with Crippen LogP contribution < -0.4 is 5.73 Å². The van der Waals surface area contributed by atoms with E-state index in [0.29, 0.717) is 17.0 Å². The van der Waals surface area contributed by atoms with E-state index in [1.54, 1.807) is 23.9 Å². The van der Waals surface area contributed by atoms with Gasteiger partial charge in [-0.05, 0) is 54.4 Å². The Kier molecular flexibility index (Phi) is 5.90. The molecule has 2 N–H and O–H groups in total. The molecule has 2 rings (SSSR count). The summed E-state index contributed by atoms with van der Waals surface area (Å²) in [5, 5.41) is 0.536. The molecule has 20 heavy (non-hydrogen) atoms. The first kappa shape index (κ1) is 15.8. The Morgan fingerprint density at radius 1 is 1.20 bits per heavy atom. The average molecular weight is 375 g/mol. The Balaban J connectivity index is 1.90. The van der Waals surface area contributed by atoms with Gasteiger partial charge in [0, 0.05) is 26.2 Å². The van der Waals surface area contributed by atoms with Crippen LogP contribution in [0.4, 0.5) is 4.39 Å². The van der Waals surface area contributed by atoms with Crippen molar-refractivity contribution < 1.29 is 4.39 Å². The van der Waals surface area contributed by atoms with E-state index in [1.807, 2.05) is 24.3 Å². The van der Waals surface area contributed by atoms with Gasteiger partial charge in [0.25, 0.3) is 0 Å². The number of halogens is 3. The van der Waals surface area contributed by atoms with Gasteiger partial charge in [-0.25, -0.2) is 4.39 Å². The van der Waals surface area contributed by atoms with Gasteiger partial charge in [-0.2, -0.15) is 0 Å². The van der Waals surface area contributed by atoms with Gasteiger partial charge in [0.05, 0.1) is 0 Å². The summed E-state index contributed by atoms with van der Waals surface area (Å²) in [6.45, 7) is 0. The van der Waals surface area contributed by atoms with Crippen LogP contribution >= 0.6 is 39.3 Å². The van der Waals surface area contributed by atoms with Gasteiger partial charge in [-0.15, -0.1) is 11.8 Å². The zero-order valence-corrected chi connectivity index (χ0v) is 13.8. The molecular formula is C15H14BrClFNS. The average Bonchev–Trinajstić information content (AvgIpc) is 2.42. The number of nitrogens with two attached hydrogens (primary N) is 1. The van der Waals surface area contributed by atoms with E-state index in [1.165, 1.54) is 6.07 Å². The molecule has 0 heterocycles. The lowest BCUT2D eigenvalue weighted by Crippen LogP contribution is -2.26. The molecule has 0 aliphatic heterocycles. The van der Waals surface area contributed by atoms with Gasteiger partial charge < -0.3 is 5.73 Å². The van der Waals surface area contributed by atoms with E-state index in [2.05, 4.69) is 15.9 Å². The molecule has 0 amide bonds. The fourth-order valence-corrected chi connectivity index (χ4v) is 3.09. The highest BCUT2D eigenvalue weighted by molar-refractivity contribution is 9.10. The fraction of sp³-hybridized carbons (Fsp3) is 0.200. The molecule has 0 radical (unpaired) electrons. The molecule has 0 saturated carbocycles. The number of hydrogen-bond acceptors (Lipinski definition) is 2. The van der Waals surface area contributed by atoms with E-state index in [-0.39, 0.29) is 11.9 Å². The topological polar surface area (TPSA) is 26.0 Å². The van der Waals surface area contributed by atoms with Crippen molar-refractivity contribution in [2.75, 3.05) is 5.75 Å². The van der Waals surface area contributed by atoms with Crippen LogP contribution in [0, 0.1) is 5.82 Å². The van der Waals surface area contributed by atoms with Gasteiger partial charge in [0.1, 0.15) is 5.82 Å². The normalized spacial score (nSPS) is 12.4. The molecule has 106 valence electrons. The van der Waals surface area contributed by atoms with Gasteiger partial charge in [-0.3, -0.25) is 0 Å². The summed E-state index contributed by atoms with van der Waals surface area (Å²) in [6.07, 6.45) is 0.482. The van der Waals surface area contributed by atoms with Gasteiger partial charge in [-0.1, -0.05) is 27.5 Å². The summed E-state index contributed by atoms with van der Waals surface area (Å²) in [7, 11) is 0. The lowest BCUT2D eigenvalue weighted by Gasteiger charge is -2.12. The fourth-order valence-electron chi connectivity index (χ4n) is 1.78. The van der Waals surface area contributed by atoms with E-state index in [9.17, 15) is 4.39 Å². The van der Waals surface area contributed by atoms with Crippen LogP contribution in [0.1, 0.15) is 5.56 Å². The Hall–Kier alpha value is -0.550. The van der Waals surface area contributed by atoms with Crippen LogP contribution in [0.15, 0.2) is 51.8 Å². The van der Waals surface area contributed by atoms with Crippen molar-refractivity contribution >= 4 is 39.3 Å². The van der Waals surface area contributed by atoms with Crippen LogP contribution in [0.25, 0.3) is 0 Å². The molecule has 5 heteroatoms. The molecule has 0 aliphatic rings. The van der Waals surface area contributed by atoms with Crippen LogP contribution in [-0.2, 0) is 6.42 Å². The summed E-state index contributed by atoms with van der Waals surface area (Å²) >= 11 is 10.9. The third-order valence-corrected chi connectivity index (χ3v) is 4.73. The van der Waals surface area contributed by atoms with Crippen LogP contribution in [0.3, 0.4) is 0 Å². The molecule has 2 aromatic rings. The second kappa shape index (κ2) is 7.46. The zero-order chi connectivity index (χ0) is 14.5. The second-order valence-electron chi connectivity index (χ2n) is 4.46. The van der Waals surface area contributed by atoms with E-state index in [0.717, 1.165) is 15.1 Å². The molecule has 0 bridgehead atoms. The van der Waals surface area contributed by atoms with Crippen molar-refractivity contribution in [2.45, 2.75) is 17.4 Å². The van der Waals surface area contributed by atoms with E-state index >= 15 is 0 Å². The smallest absolute Gasteiger partial charge is 0.126 e. The minimum Gasteiger partial charge on any atom is -0.327 e. The Labute approximate surface area is 135 Å². The number of rotatable bonds is 5. The molecule has 0 spiro atoms. The van der Waals surface area contributed by atoms with Gasteiger partial charge >= 0.3 is 0 Å². The number of thioether (sulfide) groups is 1. The molecular weight excluding hydrogens is 361 g/mol. The molecule has 0 fully saturated rings. The standard InChI is InChI=1S/C15H14BrClFNS/c16-11-1-4-14(5-2-11)20-9-13(19)8-10-7-12(17)3-6-15(10)18/h1-7,13H,8-9,19H2. The van der Waals surface area contributed by atoms with Gasteiger partial charge in [0.15, 0.2) is 0 Å². The summed E-state index contributed by atoms with van der Waals surface area (Å²) in [4.78, 5) is 1.15. The zero-order valence-electron chi connectivity index (χ0n) is 10.7. The third kappa shape index (κ3) is 4.77. The summed E-state index contributed by atoms with van der Waals surface area (Å²) in [5.74, 6) is 0.478. The summed E-state index contributed by atoms with van der Waals surface area (Å²) in [6, 6.07) is 12.5. The number of hydrogen-bond donors (Lipinski definition) is 1. The summed E-state index contributed by atoms with van der Waals surface area (Å²) in [5.41, 5.74) is 6.63. The molecule has 1 nitrogen and oxygen atoms in total. The van der Waals surface area contributed by atoms with Crippen molar-refractivity contribution in [3.63, 3.8) is 0 Å². The Morgan fingerprint density at radius 3 is 2.60 bits per heavy atom. The van der Waals surface area contributed by atoms with Crippen molar-refractivity contribution in [1.82, 2.24) is 0 Å². The first-order valence-electron chi connectivity index (χ1n) is 6.12. The van der Waals surface area contributed by atoms with Crippen molar-refractivity contribution in [3.05, 3.63) is 63.3 Å². The lowest BCUT2D eigenvalue weighted by molar-refractivity contribution is 0.597. The maximum absolute atomic E-state index is 13.6. The molecule has 1 unspecified atom stereocenters. The van der Waals surface area contributed by atoms with Crippen LogP contribution in [-0.4, -0.2) is 11.8 Å². The van der Waals surface area contributed by atoms with E-state index in [4.69, 9.17) is 17.3 Å². The quantitative estimate of drug-likeness (QED) is 0.753. The minimum atomic E-state index is -0.251. The number of benzene rings is 2. The SMILES string of the molecule is NC(CSc1ccc(Br)cc1)Cc1cc(Cl)ccc1F. The highest BCUT2D eigenvalue weighted by atomic mass is 79.9. The predicted molar refractivity (Wildman–Crippen MR) is 88.0 cm³/mol. The third-order valence-electron chi connectivity index (χ3n) is 2.77. The minimum absolute atomic E-state index is 0.114. The predicted octanol–water partition coefficient (Wildman–Crippen LogP) is 4.90. The Morgan fingerprint density at radius 2 is 1.90 bits per heavy atom. The van der Waals surface area contributed by atoms with Gasteiger partial charge in [0.2, 0.25) is 0 Å². The van der Waals surface area contributed by atoms with Crippen LogP contribution in [0.2, 0.25) is 5.02 Å². The molecule has 0 saturated heterocycles. The maximum Gasteiger partial charge on any atom is 0.126 e. The van der Waals surface area contributed by atoms with Crippen molar-refractivity contribution in [3.8, 4) is 0 Å². The highest BCUT2D eigenvalue weighted by Gasteiger charge is 2.09. The van der Waals surface area contributed by atoms with Crippen molar-refractivity contribution in [2.24, 2.45) is 5.73 Å². The molecule has 1 atom stereocenters. The highest BCUT2D eigenvalue weighted by Crippen LogP contribution is 2.22. The summed E-state index contributed by atoms with van der Waals surface area (Å²) < 4.78 is 14.7.